The first kappa shape index (κ1) is 17.0. The monoisotopic (exact) mass is 342 g/mol. The van der Waals surface area contributed by atoms with Crippen molar-refractivity contribution in [1.29, 1.82) is 0 Å². The lowest BCUT2D eigenvalue weighted by molar-refractivity contribution is 0.102. The topological polar surface area (TPSA) is 119 Å². The third-order valence-corrected chi connectivity index (χ3v) is 4.19. The number of hydrogen-bond donors (Lipinski definition) is 3. The van der Waals surface area contributed by atoms with Gasteiger partial charge in [-0.05, 0) is 25.0 Å². The van der Waals surface area contributed by atoms with E-state index in [1.165, 1.54) is 12.4 Å². The molecule has 8 nitrogen and oxygen atoms in total. The van der Waals surface area contributed by atoms with Gasteiger partial charge in [0.25, 0.3) is 5.91 Å². The van der Waals surface area contributed by atoms with Crippen molar-refractivity contribution in [2.24, 2.45) is 5.73 Å². The Morgan fingerprint density at radius 2 is 2.16 bits per heavy atom. The van der Waals surface area contributed by atoms with Crippen molar-refractivity contribution in [1.82, 2.24) is 9.97 Å². The Balaban J connectivity index is 1.90. The molecular formula is C17H22N6O2. The molecule has 0 aliphatic carbocycles. The molecule has 1 amide bonds. The normalized spacial score (nSPS) is 17.2. The van der Waals surface area contributed by atoms with Crippen LogP contribution in [0.2, 0.25) is 0 Å². The first-order valence-corrected chi connectivity index (χ1v) is 8.15. The first-order chi connectivity index (χ1) is 12.1. The number of carbonyl (C=O) groups excluding carboxylic acids is 1. The van der Waals surface area contributed by atoms with Gasteiger partial charge in [0.1, 0.15) is 5.75 Å². The second-order valence-electron chi connectivity index (χ2n) is 5.98. The predicted molar refractivity (Wildman–Crippen MR) is 96.8 cm³/mol. The average Bonchev–Trinajstić information content (AvgIpc) is 2.62. The highest BCUT2D eigenvalue weighted by Gasteiger charge is 2.21. The maximum Gasteiger partial charge on any atom is 0.278 e. The number of aromatic nitrogens is 2. The molecule has 1 fully saturated rings. The zero-order chi connectivity index (χ0) is 17.8. The standard InChI is InChI=1S/C17H22N6O2/c1-25-12-4-5-14(23-8-2-3-11(18)10-23)13(9-12)22-17(24)15-16(19)21-7-6-20-15/h4-7,9,11H,2-3,8,10,18H2,1H3,(H2,19,21)(H,22,24). The second-order valence-corrected chi connectivity index (χ2v) is 5.98. The van der Waals surface area contributed by atoms with Gasteiger partial charge >= 0.3 is 0 Å². The summed E-state index contributed by atoms with van der Waals surface area (Å²) in [5, 5.41) is 2.87. The number of methoxy groups -OCH3 is 1. The van der Waals surface area contributed by atoms with Gasteiger partial charge in [-0.1, -0.05) is 0 Å². The van der Waals surface area contributed by atoms with Gasteiger partial charge in [-0.3, -0.25) is 4.79 Å². The third kappa shape index (κ3) is 3.80. The van der Waals surface area contributed by atoms with Crippen LogP contribution in [0.4, 0.5) is 17.2 Å². The molecular weight excluding hydrogens is 320 g/mol. The minimum absolute atomic E-state index is 0.0874. The van der Waals surface area contributed by atoms with Gasteiger partial charge in [-0.25, -0.2) is 9.97 Å². The number of piperidine rings is 1. The summed E-state index contributed by atoms with van der Waals surface area (Å²) in [6.45, 7) is 1.62. The number of anilines is 3. The average molecular weight is 342 g/mol. The van der Waals surface area contributed by atoms with E-state index in [-0.39, 0.29) is 17.6 Å². The van der Waals surface area contributed by atoms with Gasteiger partial charge in [-0.15, -0.1) is 0 Å². The summed E-state index contributed by atoms with van der Waals surface area (Å²) >= 11 is 0. The number of ether oxygens (including phenoxy) is 1. The van der Waals surface area contributed by atoms with Crippen molar-refractivity contribution >= 4 is 23.1 Å². The molecule has 8 heteroatoms. The van der Waals surface area contributed by atoms with Crippen LogP contribution in [0.1, 0.15) is 23.3 Å². The molecule has 3 rings (SSSR count). The van der Waals surface area contributed by atoms with E-state index in [0.29, 0.717) is 11.4 Å². The van der Waals surface area contributed by atoms with E-state index in [1.807, 2.05) is 12.1 Å². The molecule has 0 radical (unpaired) electrons. The first-order valence-electron chi connectivity index (χ1n) is 8.15. The van der Waals surface area contributed by atoms with Crippen molar-refractivity contribution in [3.63, 3.8) is 0 Å². The van der Waals surface area contributed by atoms with Crippen LogP contribution in [-0.4, -0.2) is 42.1 Å². The Morgan fingerprint density at radius 3 is 2.88 bits per heavy atom. The lowest BCUT2D eigenvalue weighted by Gasteiger charge is -2.34. The van der Waals surface area contributed by atoms with E-state index >= 15 is 0 Å². The smallest absolute Gasteiger partial charge is 0.278 e. The Hall–Kier alpha value is -2.87. The fourth-order valence-electron chi connectivity index (χ4n) is 2.95. The molecule has 2 heterocycles. The maximum atomic E-state index is 12.6. The molecule has 1 aromatic heterocycles. The molecule has 1 saturated heterocycles. The van der Waals surface area contributed by atoms with Gasteiger partial charge in [0.2, 0.25) is 0 Å². The maximum absolute atomic E-state index is 12.6. The van der Waals surface area contributed by atoms with Crippen LogP contribution in [0.3, 0.4) is 0 Å². The minimum Gasteiger partial charge on any atom is -0.497 e. The molecule has 132 valence electrons. The van der Waals surface area contributed by atoms with Crippen molar-refractivity contribution in [2.45, 2.75) is 18.9 Å². The van der Waals surface area contributed by atoms with Gasteiger partial charge in [0.15, 0.2) is 11.5 Å². The quantitative estimate of drug-likeness (QED) is 0.765. The number of nitrogen functional groups attached to an aromatic ring is 1. The second kappa shape index (κ2) is 7.35. The van der Waals surface area contributed by atoms with E-state index in [4.69, 9.17) is 16.2 Å². The zero-order valence-electron chi connectivity index (χ0n) is 14.1. The van der Waals surface area contributed by atoms with Crippen molar-refractivity contribution in [3.05, 3.63) is 36.3 Å². The summed E-state index contributed by atoms with van der Waals surface area (Å²) in [7, 11) is 1.58. The number of rotatable bonds is 4. The van der Waals surface area contributed by atoms with Crippen molar-refractivity contribution in [2.75, 3.05) is 36.1 Å². The molecule has 5 N–H and O–H groups in total. The van der Waals surface area contributed by atoms with Crippen LogP contribution in [0.25, 0.3) is 0 Å². The lowest BCUT2D eigenvalue weighted by Crippen LogP contribution is -2.43. The molecule has 1 atom stereocenters. The fourth-order valence-corrected chi connectivity index (χ4v) is 2.95. The van der Waals surface area contributed by atoms with Crippen LogP contribution in [0.5, 0.6) is 5.75 Å². The Kier molecular flexibility index (Phi) is 4.99. The molecule has 1 unspecified atom stereocenters. The van der Waals surface area contributed by atoms with E-state index in [2.05, 4.69) is 20.2 Å². The van der Waals surface area contributed by atoms with Gasteiger partial charge in [0, 0.05) is 37.6 Å². The van der Waals surface area contributed by atoms with Gasteiger partial charge in [-0.2, -0.15) is 0 Å². The Bertz CT molecular complexity index is 767. The molecule has 1 aromatic carbocycles. The third-order valence-electron chi connectivity index (χ3n) is 4.19. The van der Waals surface area contributed by atoms with Crippen LogP contribution >= 0.6 is 0 Å². The summed E-state index contributed by atoms with van der Waals surface area (Å²) in [6.07, 6.45) is 4.89. The molecule has 0 saturated carbocycles. The van der Waals surface area contributed by atoms with Crippen LogP contribution in [0.15, 0.2) is 30.6 Å². The van der Waals surface area contributed by atoms with E-state index in [9.17, 15) is 4.79 Å². The highest BCUT2D eigenvalue weighted by molar-refractivity contribution is 6.07. The molecule has 1 aliphatic rings. The summed E-state index contributed by atoms with van der Waals surface area (Å²) in [6, 6.07) is 5.68. The predicted octanol–water partition coefficient (Wildman–Crippen LogP) is 1.25. The van der Waals surface area contributed by atoms with Crippen LogP contribution in [0, 0.1) is 0 Å². The fraction of sp³-hybridized carbons (Fsp3) is 0.353. The van der Waals surface area contributed by atoms with Gasteiger partial charge in [0.05, 0.1) is 18.5 Å². The Morgan fingerprint density at radius 1 is 1.36 bits per heavy atom. The number of nitrogens with one attached hydrogen (secondary N) is 1. The summed E-state index contributed by atoms with van der Waals surface area (Å²) in [5.74, 6) is 0.318. The largest absolute Gasteiger partial charge is 0.497 e. The van der Waals surface area contributed by atoms with E-state index < -0.39 is 5.91 Å². The number of nitrogens with zero attached hydrogens (tertiary/aromatic N) is 3. The van der Waals surface area contributed by atoms with E-state index in [0.717, 1.165) is 31.6 Å². The molecule has 1 aliphatic heterocycles. The van der Waals surface area contributed by atoms with E-state index in [1.54, 1.807) is 13.2 Å². The number of amides is 1. The summed E-state index contributed by atoms with van der Waals surface area (Å²) in [4.78, 5) is 22.6. The molecule has 0 bridgehead atoms. The summed E-state index contributed by atoms with van der Waals surface area (Å²) in [5.41, 5.74) is 13.4. The number of benzene rings is 1. The summed E-state index contributed by atoms with van der Waals surface area (Å²) < 4.78 is 5.28. The number of nitrogens with two attached hydrogens (primary N) is 2. The zero-order valence-corrected chi connectivity index (χ0v) is 14.1. The molecule has 2 aromatic rings. The van der Waals surface area contributed by atoms with Crippen LogP contribution < -0.4 is 26.4 Å². The minimum atomic E-state index is -0.415. The number of hydrogen-bond acceptors (Lipinski definition) is 7. The van der Waals surface area contributed by atoms with Crippen LogP contribution in [-0.2, 0) is 0 Å². The van der Waals surface area contributed by atoms with Crippen molar-refractivity contribution in [3.8, 4) is 5.75 Å². The highest BCUT2D eigenvalue weighted by Crippen LogP contribution is 2.32. The van der Waals surface area contributed by atoms with Gasteiger partial charge < -0.3 is 26.4 Å². The number of carbonyl (C=O) groups is 1. The SMILES string of the molecule is COc1ccc(N2CCCC(N)C2)c(NC(=O)c2nccnc2N)c1. The molecule has 0 spiro atoms. The lowest BCUT2D eigenvalue weighted by atomic mass is 10.1. The van der Waals surface area contributed by atoms with Crippen molar-refractivity contribution < 1.29 is 9.53 Å². The molecule has 25 heavy (non-hydrogen) atoms. The highest BCUT2D eigenvalue weighted by atomic mass is 16.5. The Labute approximate surface area is 146 Å².